The number of nitrogens with zero attached hydrogens (tertiary/aromatic N) is 1. The molecule has 204 valence electrons. The Labute approximate surface area is 215 Å². The van der Waals surface area contributed by atoms with Gasteiger partial charge in [0, 0.05) is 37.4 Å². The molecule has 11 heteroatoms. The van der Waals surface area contributed by atoms with Crippen molar-refractivity contribution in [3.8, 4) is 11.5 Å². The molecule has 4 N–H and O–H groups in total. The highest BCUT2D eigenvalue weighted by Gasteiger charge is 2.51. The summed E-state index contributed by atoms with van der Waals surface area (Å²) >= 11 is 0. The van der Waals surface area contributed by atoms with Crippen molar-refractivity contribution in [1.82, 2.24) is 10.2 Å². The molecule has 2 amide bonds. The number of aliphatic hydroxyl groups is 3. The Bertz CT molecular complexity index is 1010. The zero-order valence-electron chi connectivity index (χ0n) is 21.2. The SMILES string of the molecule is CCOCC(=O)N(C[C@H]1CCCO1)[C@@H]1C=C(C(=O)NCCO)[C@@H]2c3cc(CO)cc(OC)c3O[C@@H]2[C@H]1O. The Morgan fingerprint density at radius 1 is 1.27 bits per heavy atom. The Morgan fingerprint density at radius 3 is 2.73 bits per heavy atom. The minimum absolute atomic E-state index is 0.0391. The van der Waals surface area contributed by atoms with Gasteiger partial charge in [-0.3, -0.25) is 9.59 Å². The molecule has 11 nitrogen and oxygen atoms in total. The third-order valence-electron chi connectivity index (χ3n) is 7.03. The van der Waals surface area contributed by atoms with Gasteiger partial charge in [-0.2, -0.15) is 0 Å². The molecule has 2 aliphatic heterocycles. The van der Waals surface area contributed by atoms with Crippen molar-refractivity contribution in [2.75, 3.05) is 46.6 Å². The highest BCUT2D eigenvalue weighted by Crippen LogP contribution is 2.51. The van der Waals surface area contributed by atoms with Crippen molar-refractivity contribution >= 4 is 11.8 Å². The Kier molecular flexibility index (Phi) is 9.04. The maximum atomic E-state index is 13.3. The number of benzene rings is 1. The van der Waals surface area contributed by atoms with Gasteiger partial charge in [0.25, 0.3) is 0 Å². The van der Waals surface area contributed by atoms with Crippen molar-refractivity contribution in [3.63, 3.8) is 0 Å². The number of nitrogens with one attached hydrogen (secondary N) is 1. The number of rotatable bonds is 11. The molecule has 3 aliphatic rings. The molecule has 5 atom stereocenters. The normalized spacial score (nSPS) is 26.1. The summed E-state index contributed by atoms with van der Waals surface area (Å²) in [7, 11) is 1.47. The standard InChI is InChI=1S/C26H36N2O9/c1-3-35-14-21(31)28(12-16-5-4-8-36-16)19-11-18(26(33)27-6-7-29)22-17-9-15(13-30)10-20(34-2)24(17)37-25(22)23(19)32/h9-11,16,19,22-23,25,29-30,32H,3-8,12-14H2,1-2H3,(H,27,33)/t16-,19-,22+,23+,25+/m1/s1. The third-order valence-corrected chi connectivity index (χ3v) is 7.03. The number of carbonyl (C=O) groups is 2. The van der Waals surface area contributed by atoms with E-state index in [-0.39, 0.29) is 44.9 Å². The molecule has 1 aromatic rings. The highest BCUT2D eigenvalue weighted by molar-refractivity contribution is 5.96. The van der Waals surface area contributed by atoms with Crippen LogP contribution in [0.2, 0.25) is 0 Å². The molecule has 37 heavy (non-hydrogen) atoms. The minimum atomic E-state index is -1.18. The lowest BCUT2D eigenvalue weighted by Gasteiger charge is -2.41. The van der Waals surface area contributed by atoms with E-state index in [1.54, 1.807) is 25.1 Å². The fraction of sp³-hybridized carbons (Fsp3) is 0.615. The zero-order valence-corrected chi connectivity index (χ0v) is 21.2. The number of aliphatic hydroxyl groups excluding tert-OH is 3. The van der Waals surface area contributed by atoms with Gasteiger partial charge in [-0.05, 0) is 43.5 Å². The number of methoxy groups -OCH3 is 1. The Hall–Kier alpha value is -2.70. The molecule has 0 radical (unpaired) electrons. The average molecular weight is 521 g/mol. The number of hydrogen-bond acceptors (Lipinski definition) is 9. The van der Waals surface area contributed by atoms with E-state index < -0.39 is 30.1 Å². The lowest BCUT2D eigenvalue weighted by atomic mass is 9.77. The van der Waals surface area contributed by atoms with Crippen LogP contribution in [0.1, 0.15) is 36.8 Å². The smallest absolute Gasteiger partial charge is 0.249 e. The summed E-state index contributed by atoms with van der Waals surface area (Å²) in [5.41, 5.74) is 1.47. The van der Waals surface area contributed by atoms with Crippen LogP contribution in [0.25, 0.3) is 0 Å². The second-order valence-electron chi connectivity index (χ2n) is 9.34. The maximum absolute atomic E-state index is 13.3. The van der Waals surface area contributed by atoms with Crippen LogP contribution in [0.3, 0.4) is 0 Å². The fourth-order valence-electron chi connectivity index (χ4n) is 5.29. The molecule has 2 heterocycles. The molecule has 0 unspecified atom stereocenters. The summed E-state index contributed by atoms with van der Waals surface area (Å²) in [6.45, 7) is 2.36. The van der Waals surface area contributed by atoms with E-state index in [1.807, 2.05) is 0 Å². The van der Waals surface area contributed by atoms with Gasteiger partial charge in [0.05, 0.1) is 38.4 Å². The first-order chi connectivity index (χ1) is 17.9. The van der Waals surface area contributed by atoms with Gasteiger partial charge in [-0.25, -0.2) is 0 Å². The topological polar surface area (TPSA) is 147 Å². The second kappa shape index (κ2) is 12.2. The second-order valence-corrected chi connectivity index (χ2v) is 9.34. The predicted molar refractivity (Wildman–Crippen MR) is 131 cm³/mol. The first-order valence-corrected chi connectivity index (χ1v) is 12.7. The lowest BCUT2D eigenvalue weighted by Crippen LogP contribution is -2.57. The molecular formula is C26H36N2O9. The number of fused-ring (bicyclic) bond motifs is 3. The lowest BCUT2D eigenvalue weighted by molar-refractivity contribution is -0.143. The molecule has 1 fully saturated rings. The van der Waals surface area contributed by atoms with E-state index in [2.05, 4.69) is 5.32 Å². The van der Waals surface area contributed by atoms with Gasteiger partial charge in [-0.15, -0.1) is 0 Å². The Morgan fingerprint density at radius 2 is 2.08 bits per heavy atom. The van der Waals surface area contributed by atoms with Gasteiger partial charge in [0.2, 0.25) is 11.8 Å². The van der Waals surface area contributed by atoms with E-state index in [0.717, 1.165) is 12.8 Å². The fourth-order valence-corrected chi connectivity index (χ4v) is 5.29. The van der Waals surface area contributed by atoms with Crippen LogP contribution in [0.5, 0.6) is 11.5 Å². The van der Waals surface area contributed by atoms with Gasteiger partial charge in [0.1, 0.15) is 18.8 Å². The molecule has 1 saturated heterocycles. The summed E-state index contributed by atoms with van der Waals surface area (Å²) in [4.78, 5) is 28.1. The monoisotopic (exact) mass is 520 g/mol. The number of ether oxygens (including phenoxy) is 4. The van der Waals surface area contributed by atoms with Gasteiger partial charge >= 0.3 is 0 Å². The summed E-state index contributed by atoms with van der Waals surface area (Å²) in [5, 5.41) is 33.3. The third kappa shape index (κ3) is 5.60. The Balaban J connectivity index is 1.76. The van der Waals surface area contributed by atoms with Gasteiger partial charge in [-0.1, -0.05) is 0 Å². The number of amides is 2. The summed E-state index contributed by atoms with van der Waals surface area (Å²) in [6, 6.07) is 2.49. The minimum Gasteiger partial charge on any atom is -0.493 e. The number of carbonyl (C=O) groups excluding carboxylic acids is 2. The summed E-state index contributed by atoms with van der Waals surface area (Å²) < 4.78 is 22.8. The summed E-state index contributed by atoms with van der Waals surface area (Å²) in [6.07, 6.45) is 1.00. The van der Waals surface area contributed by atoms with Crippen molar-refractivity contribution in [2.45, 2.75) is 56.6 Å². The van der Waals surface area contributed by atoms with Crippen molar-refractivity contribution in [3.05, 3.63) is 34.9 Å². The molecule has 0 aromatic heterocycles. The largest absolute Gasteiger partial charge is 0.493 e. The van der Waals surface area contributed by atoms with Crippen LogP contribution in [0.4, 0.5) is 0 Å². The van der Waals surface area contributed by atoms with Crippen molar-refractivity contribution in [2.24, 2.45) is 0 Å². The van der Waals surface area contributed by atoms with E-state index in [0.29, 0.717) is 41.4 Å². The van der Waals surface area contributed by atoms with Crippen LogP contribution >= 0.6 is 0 Å². The van der Waals surface area contributed by atoms with E-state index in [9.17, 15) is 24.9 Å². The quantitative estimate of drug-likeness (QED) is 0.313. The predicted octanol–water partition coefficient (Wildman–Crippen LogP) is -0.146. The molecule has 1 aromatic carbocycles. The first-order valence-electron chi connectivity index (χ1n) is 12.7. The average Bonchev–Trinajstić information content (AvgIpc) is 3.57. The first kappa shape index (κ1) is 27.3. The van der Waals surface area contributed by atoms with Gasteiger partial charge < -0.3 is 44.5 Å². The van der Waals surface area contributed by atoms with E-state index in [1.165, 1.54) is 12.0 Å². The molecule has 0 spiro atoms. The highest BCUT2D eigenvalue weighted by atomic mass is 16.5. The maximum Gasteiger partial charge on any atom is 0.249 e. The van der Waals surface area contributed by atoms with Crippen LogP contribution in [-0.2, 0) is 25.7 Å². The molecule has 1 aliphatic carbocycles. The van der Waals surface area contributed by atoms with Crippen molar-refractivity contribution < 1.29 is 43.9 Å². The van der Waals surface area contributed by atoms with Crippen LogP contribution in [0, 0.1) is 0 Å². The van der Waals surface area contributed by atoms with E-state index in [4.69, 9.17) is 18.9 Å². The molecule has 0 bridgehead atoms. The zero-order chi connectivity index (χ0) is 26.5. The molecule has 4 rings (SSSR count). The van der Waals surface area contributed by atoms with Crippen molar-refractivity contribution in [1.29, 1.82) is 0 Å². The van der Waals surface area contributed by atoms with E-state index >= 15 is 0 Å². The molecule has 0 saturated carbocycles. The van der Waals surface area contributed by atoms with Crippen LogP contribution in [-0.4, -0.2) is 103 Å². The molecular weight excluding hydrogens is 484 g/mol. The summed E-state index contributed by atoms with van der Waals surface area (Å²) in [5.74, 6) is -0.700. The number of hydrogen-bond donors (Lipinski definition) is 4. The van der Waals surface area contributed by atoms with Crippen LogP contribution in [0.15, 0.2) is 23.8 Å². The van der Waals surface area contributed by atoms with Crippen LogP contribution < -0.4 is 14.8 Å². The van der Waals surface area contributed by atoms with Gasteiger partial charge in [0.15, 0.2) is 11.5 Å².